The van der Waals surface area contributed by atoms with Gasteiger partial charge in [-0.05, 0) is 38.9 Å². The SMILES string of the molecule is CCN(CC)CCN1CC(CN)CC1C. The van der Waals surface area contributed by atoms with E-state index in [0.717, 1.165) is 18.5 Å². The molecular weight excluding hydrogens is 186 g/mol. The van der Waals surface area contributed by atoms with Crippen LogP contribution in [0, 0.1) is 5.92 Å². The zero-order valence-electron chi connectivity index (χ0n) is 10.6. The summed E-state index contributed by atoms with van der Waals surface area (Å²) in [6.07, 6.45) is 1.29. The maximum absolute atomic E-state index is 5.73. The Morgan fingerprint density at radius 3 is 2.47 bits per heavy atom. The lowest BCUT2D eigenvalue weighted by molar-refractivity contribution is 0.207. The van der Waals surface area contributed by atoms with Crippen molar-refractivity contribution in [2.45, 2.75) is 33.2 Å². The van der Waals surface area contributed by atoms with E-state index in [4.69, 9.17) is 5.73 Å². The van der Waals surface area contributed by atoms with Crippen molar-refractivity contribution in [1.82, 2.24) is 9.80 Å². The monoisotopic (exact) mass is 213 g/mol. The van der Waals surface area contributed by atoms with Gasteiger partial charge in [0.1, 0.15) is 0 Å². The standard InChI is InChI=1S/C12H27N3/c1-4-14(5-2)6-7-15-10-12(9-13)8-11(15)3/h11-12H,4-10,13H2,1-3H3. The van der Waals surface area contributed by atoms with E-state index < -0.39 is 0 Å². The quantitative estimate of drug-likeness (QED) is 0.714. The molecule has 0 aromatic rings. The lowest BCUT2D eigenvalue weighted by Gasteiger charge is -2.25. The van der Waals surface area contributed by atoms with Crippen molar-refractivity contribution in [2.75, 3.05) is 39.3 Å². The third-order valence-corrected chi connectivity index (χ3v) is 3.72. The van der Waals surface area contributed by atoms with Gasteiger partial charge in [0.25, 0.3) is 0 Å². The molecule has 1 rings (SSSR count). The summed E-state index contributed by atoms with van der Waals surface area (Å²) in [6.45, 7) is 13.6. The maximum Gasteiger partial charge on any atom is 0.0112 e. The average molecular weight is 213 g/mol. The number of likely N-dealkylation sites (N-methyl/N-ethyl adjacent to an activating group) is 1. The van der Waals surface area contributed by atoms with E-state index in [1.165, 1.54) is 39.1 Å². The predicted octanol–water partition coefficient (Wildman–Crippen LogP) is 0.997. The van der Waals surface area contributed by atoms with Crippen LogP contribution in [0.5, 0.6) is 0 Å². The van der Waals surface area contributed by atoms with Gasteiger partial charge in [-0.15, -0.1) is 0 Å². The smallest absolute Gasteiger partial charge is 0.0112 e. The van der Waals surface area contributed by atoms with Crippen LogP contribution in [0.4, 0.5) is 0 Å². The minimum absolute atomic E-state index is 0.731. The van der Waals surface area contributed by atoms with Crippen LogP contribution in [0.1, 0.15) is 27.2 Å². The Labute approximate surface area is 94.6 Å². The van der Waals surface area contributed by atoms with Gasteiger partial charge in [-0.3, -0.25) is 4.90 Å². The van der Waals surface area contributed by atoms with Crippen LogP contribution in [0.2, 0.25) is 0 Å². The number of likely N-dealkylation sites (tertiary alicyclic amines) is 1. The molecule has 0 radical (unpaired) electrons. The molecule has 15 heavy (non-hydrogen) atoms. The van der Waals surface area contributed by atoms with Crippen LogP contribution in [0.3, 0.4) is 0 Å². The molecule has 0 saturated carbocycles. The average Bonchev–Trinajstić information content (AvgIpc) is 2.61. The number of hydrogen-bond donors (Lipinski definition) is 1. The Morgan fingerprint density at radius 2 is 2.00 bits per heavy atom. The van der Waals surface area contributed by atoms with Gasteiger partial charge in [-0.2, -0.15) is 0 Å². The summed E-state index contributed by atoms with van der Waals surface area (Å²) in [5.41, 5.74) is 5.73. The summed E-state index contributed by atoms with van der Waals surface area (Å²) < 4.78 is 0. The molecule has 2 atom stereocenters. The van der Waals surface area contributed by atoms with Crippen LogP contribution in [0.15, 0.2) is 0 Å². The van der Waals surface area contributed by atoms with E-state index in [2.05, 4.69) is 30.6 Å². The molecule has 3 nitrogen and oxygen atoms in total. The van der Waals surface area contributed by atoms with Gasteiger partial charge in [-0.25, -0.2) is 0 Å². The lowest BCUT2D eigenvalue weighted by Crippen LogP contribution is -2.37. The van der Waals surface area contributed by atoms with Gasteiger partial charge < -0.3 is 10.6 Å². The highest BCUT2D eigenvalue weighted by molar-refractivity contribution is 4.83. The van der Waals surface area contributed by atoms with Gasteiger partial charge in [0.05, 0.1) is 0 Å². The Morgan fingerprint density at radius 1 is 1.33 bits per heavy atom. The molecule has 0 bridgehead atoms. The summed E-state index contributed by atoms with van der Waals surface area (Å²) in [7, 11) is 0. The third kappa shape index (κ3) is 3.74. The summed E-state index contributed by atoms with van der Waals surface area (Å²) >= 11 is 0. The number of nitrogens with zero attached hydrogens (tertiary/aromatic N) is 2. The highest BCUT2D eigenvalue weighted by Gasteiger charge is 2.27. The Hall–Kier alpha value is -0.120. The van der Waals surface area contributed by atoms with Crippen LogP contribution in [0.25, 0.3) is 0 Å². The fourth-order valence-electron chi connectivity index (χ4n) is 2.51. The number of rotatable bonds is 6. The Bertz CT molecular complexity index is 168. The largest absolute Gasteiger partial charge is 0.330 e. The number of nitrogens with two attached hydrogens (primary N) is 1. The van der Waals surface area contributed by atoms with Crippen LogP contribution < -0.4 is 5.73 Å². The van der Waals surface area contributed by atoms with Crippen LogP contribution in [-0.2, 0) is 0 Å². The van der Waals surface area contributed by atoms with Crippen molar-refractivity contribution in [1.29, 1.82) is 0 Å². The molecule has 3 heteroatoms. The fourth-order valence-corrected chi connectivity index (χ4v) is 2.51. The van der Waals surface area contributed by atoms with Crippen molar-refractivity contribution in [2.24, 2.45) is 11.7 Å². The highest BCUT2D eigenvalue weighted by Crippen LogP contribution is 2.21. The summed E-state index contributed by atoms with van der Waals surface area (Å²) in [5.74, 6) is 0.733. The molecule has 0 aromatic carbocycles. The molecule has 2 unspecified atom stereocenters. The van der Waals surface area contributed by atoms with E-state index in [1.54, 1.807) is 0 Å². The van der Waals surface area contributed by atoms with Crippen molar-refractivity contribution in [3.05, 3.63) is 0 Å². The molecule has 2 N–H and O–H groups in total. The van der Waals surface area contributed by atoms with Gasteiger partial charge in [0.2, 0.25) is 0 Å². The zero-order chi connectivity index (χ0) is 11.3. The van der Waals surface area contributed by atoms with Gasteiger partial charge in [0, 0.05) is 25.7 Å². The highest BCUT2D eigenvalue weighted by atomic mass is 15.2. The normalized spacial score (nSPS) is 27.8. The molecule has 0 aliphatic carbocycles. The van der Waals surface area contributed by atoms with Gasteiger partial charge in [0.15, 0.2) is 0 Å². The molecular formula is C12H27N3. The molecule has 0 aromatic heterocycles. The Kier molecular flexibility index (Phi) is 5.58. The summed E-state index contributed by atoms with van der Waals surface area (Å²) in [4.78, 5) is 5.08. The van der Waals surface area contributed by atoms with Crippen LogP contribution >= 0.6 is 0 Å². The van der Waals surface area contributed by atoms with Crippen molar-refractivity contribution in [3.63, 3.8) is 0 Å². The molecule has 0 amide bonds. The summed E-state index contributed by atoms with van der Waals surface area (Å²) in [5, 5.41) is 0. The molecule has 0 spiro atoms. The fraction of sp³-hybridized carbons (Fsp3) is 1.00. The lowest BCUT2D eigenvalue weighted by atomic mass is 10.1. The minimum atomic E-state index is 0.731. The molecule has 90 valence electrons. The predicted molar refractivity (Wildman–Crippen MR) is 66.0 cm³/mol. The second-order valence-electron chi connectivity index (χ2n) is 4.71. The van der Waals surface area contributed by atoms with Gasteiger partial charge >= 0.3 is 0 Å². The van der Waals surface area contributed by atoms with E-state index >= 15 is 0 Å². The first kappa shape index (κ1) is 12.9. The topological polar surface area (TPSA) is 32.5 Å². The summed E-state index contributed by atoms with van der Waals surface area (Å²) in [6, 6.07) is 0.731. The van der Waals surface area contributed by atoms with E-state index in [-0.39, 0.29) is 0 Å². The van der Waals surface area contributed by atoms with Crippen molar-refractivity contribution < 1.29 is 0 Å². The van der Waals surface area contributed by atoms with Crippen molar-refractivity contribution in [3.8, 4) is 0 Å². The Balaban J connectivity index is 2.26. The molecule has 1 aliphatic heterocycles. The maximum atomic E-state index is 5.73. The van der Waals surface area contributed by atoms with E-state index in [9.17, 15) is 0 Å². The molecule has 1 heterocycles. The molecule has 1 fully saturated rings. The first-order valence-corrected chi connectivity index (χ1v) is 6.37. The van der Waals surface area contributed by atoms with Crippen molar-refractivity contribution >= 4 is 0 Å². The first-order chi connectivity index (χ1) is 7.21. The van der Waals surface area contributed by atoms with E-state index in [1.807, 2.05) is 0 Å². The zero-order valence-corrected chi connectivity index (χ0v) is 10.6. The second kappa shape index (κ2) is 6.46. The third-order valence-electron chi connectivity index (χ3n) is 3.72. The molecule has 1 aliphatic rings. The molecule has 1 saturated heterocycles. The van der Waals surface area contributed by atoms with E-state index in [0.29, 0.717) is 0 Å². The minimum Gasteiger partial charge on any atom is -0.330 e. The second-order valence-corrected chi connectivity index (χ2v) is 4.71. The van der Waals surface area contributed by atoms with Crippen LogP contribution in [-0.4, -0.2) is 55.1 Å². The number of hydrogen-bond acceptors (Lipinski definition) is 3. The van der Waals surface area contributed by atoms with Gasteiger partial charge in [-0.1, -0.05) is 13.8 Å². The first-order valence-electron chi connectivity index (χ1n) is 6.37.